The van der Waals surface area contributed by atoms with Crippen molar-refractivity contribution in [1.82, 2.24) is 4.98 Å². The summed E-state index contributed by atoms with van der Waals surface area (Å²) in [6.45, 7) is 22.0. The number of aromatic nitrogens is 2. The number of aryl methyl sites for hydroxylation is 1. The lowest BCUT2D eigenvalue weighted by molar-refractivity contribution is -0.672. The summed E-state index contributed by atoms with van der Waals surface area (Å²) in [5.41, 5.74) is 9.61. The molecule has 4 aromatic rings. The van der Waals surface area contributed by atoms with Crippen molar-refractivity contribution < 1.29 is 8.98 Å². The van der Waals surface area contributed by atoms with E-state index in [9.17, 15) is 0 Å². The van der Waals surface area contributed by atoms with Gasteiger partial charge in [-0.2, -0.15) is 4.57 Å². The molecule has 1 aliphatic carbocycles. The van der Waals surface area contributed by atoms with E-state index in [-0.39, 0.29) is 5.31 Å². The predicted octanol–water partition coefficient (Wildman–Crippen LogP) is 10.6. The average molecular weight is 639 g/mol. The summed E-state index contributed by atoms with van der Waals surface area (Å²) >= 11 is 0. The highest BCUT2D eigenvalue weighted by molar-refractivity contribution is 6.15. The molecule has 2 radical (unpaired) electrons. The van der Waals surface area contributed by atoms with Crippen LogP contribution in [0.15, 0.2) is 88.1 Å². The van der Waals surface area contributed by atoms with E-state index in [1.165, 1.54) is 29.5 Å². The zero-order chi connectivity index (χ0) is 35.0. The summed E-state index contributed by atoms with van der Waals surface area (Å²) in [4.78, 5) is 8.92. The van der Waals surface area contributed by atoms with Crippen LogP contribution >= 0.6 is 0 Å². The Morgan fingerprint density at radius 1 is 1.12 bits per heavy atom. The SMILES string of the molecule is CC#CC1CC=CC=C1C(C)=N/C=C\C.CCC(C)C(C)CC.[B]C(C)(C)c1cc[n+]2c(c1)-c1c(ccc3c1oc1nc(C)ccc13)C2. The minimum atomic E-state index is -0.376. The molecule has 2 aliphatic rings. The molecule has 3 aromatic heterocycles. The molecule has 3 atom stereocenters. The predicted molar refractivity (Wildman–Crippen MR) is 205 cm³/mol. The molecule has 0 saturated carbocycles. The van der Waals surface area contributed by atoms with Crippen LogP contribution in [0.5, 0.6) is 0 Å². The monoisotopic (exact) mass is 638 g/mol. The largest absolute Gasteiger partial charge is 0.437 e. The maximum absolute atomic E-state index is 6.32. The van der Waals surface area contributed by atoms with Gasteiger partial charge in [-0.1, -0.05) is 90.7 Å². The summed E-state index contributed by atoms with van der Waals surface area (Å²) in [5.74, 6) is 8.35. The first kappa shape index (κ1) is 36.7. The molecule has 0 N–H and O–H groups in total. The summed E-state index contributed by atoms with van der Waals surface area (Å²) in [6, 6.07) is 12.8. The molecule has 48 heavy (non-hydrogen) atoms. The number of furan rings is 1. The van der Waals surface area contributed by atoms with Crippen LogP contribution in [0.25, 0.3) is 33.3 Å². The lowest BCUT2D eigenvalue weighted by atomic mass is 9.67. The molecular weight excluding hydrogens is 585 g/mol. The molecule has 3 unspecified atom stereocenters. The molecule has 4 heterocycles. The second-order valence-electron chi connectivity index (χ2n) is 13.7. The number of pyridine rings is 2. The van der Waals surface area contributed by atoms with Gasteiger partial charge in [0.25, 0.3) is 0 Å². The first-order chi connectivity index (χ1) is 22.9. The van der Waals surface area contributed by atoms with Gasteiger partial charge in [-0.05, 0) is 80.6 Å². The van der Waals surface area contributed by atoms with Gasteiger partial charge in [0.15, 0.2) is 18.3 Å². The summed E-state index contributed by atoms with van der Waals surface area (Å²) in [5, 5.41) is 1.81. The van der Waals surface area contributed by atoms with Crippen molar-refractivity contribution in [3.63, 3.8) is 0 Å². The highest BCUT2D eigenvalue weighted by Gasteiger charge is 2.32. The zero-order valence-electron chi connectivity index (χ0n) is 30.8. The Morgan fingerprint density at radius 3 is 2.48 bits per heavy atom. The van der Waals surface area contributed by atoms with Crippen molar-refractivity contribution in [3.05, 3.63) is 95.5 Å². The standard InChI is InChI=1S/C21H18BN2O.C14H17N.C8H18/c1-12-4-6-16-15-7-5-13-11-24-9-8-14(21(2,3)22)10-17(24)18(13)19(15)25-20(16)23-12;1-4-8-13-9-6-7-10-14(13)12(3)15-11-5-2;1-5-7(3)8(4)6-2/h4-10H,11H2,1-3H3;5-7,10-11,13H,9H2,1-3H3;7-8H,5-6H2,1-4H3/q+1;;/b;11-5-,15-12?;. The van der Waals surface area contributed by atoms with Crippen molar-refractivity contribution >= 4 is 35.6 Å². The van der Waals surface area contributed by atoms with Crippen molar-refractivity contribution in [3.8, 4) is 23.1 Å². The van der Waals surface area contributed by atoms with Crippen LogP contribution in [-0.4, -0.2) is 18.5 Å². The molecule has 248 valence electrons. The van der Waals surface area contributed by atoms with Crippen LogP contribution < -0.4 is 4.57 Å². The molecule has 5 heteroatoms. The Morgan fingerprint density at radius 2 is 1.83 bits per heavy atom. The Labute approximate surface area is 290 Å². The van der Waals surface area contributed by atoms with Crippen molar-refractivity contribution in [1.29, 1.82) is 0 Å². The fourth-order valence-electron chi connectivity index (χ4n) is 6.11. The van der Waals surface area contributed by atoms with E-state index in [0.29, 0.717) is 11.6 Å². The first-order valence-electron chi connectivity index (χ1n) is 17.5. The van der Waals surface area contributed by atoms with Crippen LogP contribution in [0, 0.1) is 36.5 Å². The molecule has 1 aliphatic heterocycles. The number of aliphatic imine (C=N–C) groups is 1. The van der Waals surface area contributed by atoms with E-state index < -0.39 is 0 Å². The maximum atomic E-state index is 6.32. The summed E-state index contributed by atoms with van der Waals surface area (Å²) in [6.07, 6.45) is 15.9. The van der Waals surface area contributed by atoms with Gasteiger partial charge >= 0.3 is 0 Å². The Bertz CT molecular complexity index is 1910. The molecule has 0 bridgehead atoms. The van der Waals surface area contributed by atoms with Crippen LogP contribution in [0.4, 0.5) is 0 Å². The third-order valence-corrected chi connectivity index (χ3v) is 9.68. The zero-order valence-corrected chi connectivity index (χ0v) is 30.8. The summed E-state index contributed by atoms with van der Waals surface area (Å²) < 4.78 is 8.46. The van der Waals surface area contributed by atoms with E-state index in [1.54, 1.807) is 0 Å². The number of benzene rings is 1. The molecule has 1 aromatic carbocycles. The Kier molecular flexibility index (Phi) is 12.4. The molecule has 0 fully saturated rings. The van der Waals surface area contributed by atoms with Crippen molar-refractivity contribution in [2.75, 3.05) is 0 Å². The van der Waals surface area contributed by atoms with Gasteiger partial charge in [0, 0.05) is 46.1 Å². The van der Waals surface area contributed by atoms with Gasteiger partial charge in [0.1, 0.15) is 0 Å². The minimum absolute atomic E-state index is 0.314. The number of nitrogens with zero attached hydrogens (tertiary/aromatic N) is 3. The van der Waals surface area contributed by atoms with E-state index in [4.69, 9.17) is 12.3 Å². The van der Waals surface area contributed by atoms with Gasteiger partial charge in [-0.15, -0.1) is 5.92 Å². The van der Waals surface area contributed by atoms with Crippen LogP contribution in [-0.2, 0) is 11.9 Å². The molecule has 0 saturated heterocycles. The molecule has 0 amide bonds. The lowest BCUT2D eigenvalue weighted by Crippen LogP contribution is -2.33. The second-order valence-corrected chi connectivity index (χ2v) is 13.7. The topological polar surface area (TPSA) is 42.3 Å². The summed E-state index contributed by atoms with van der Waals surface area (Å²) in [7, 11) is 6.32. The normalized spacial score (nSPS) is 16.6. The number of allylic oxidation sites excluding steroid dienone is 5. The molecule has 0 spiro atoms. The lowest BCUT2D eigenvalue weighted by Gasteiger charge is -2.18. The van der Waals surface area contributed by atoms with Gasteiger partial charge in [-0.25, -0.2) is 4.98 Å². The van der Waals surface area contributed by atoms with Crippen LogP contribution in [0.1, 0.15) is 98.4 Å². The van der Waals surface area contributed by atoms with Gasteiger partial charge in [0.05, 0.1) is 19.3 Å². The van der Waals surface area contributed by atoms with E-state index in [2.05, 4.69) is 109 Å². The smallest absolute Gasteiger partial charge is 0.227 e. The molecular formula is C43H53BN3O+. The van der Waals surface area contributed by atoms with E-state index >= 15 is 0 Å². The minimum Gasteiger partial charge on any atom is -0.437 e. The van der Waals surface area contributed by atoms with Crippen molar-refractivity contribution in [2.45, 2.75) is 100 Å². The first-order valence-corrected chi connectivity index (χ1v) is 17.5. The Hall–Kier alpha value is -4.17. The Balaban J connectivity index is 0.000000193. The third-order valence-electron chi connectivity index (χ3n) is 9.68. The van der Waals surface area contributed by atoms with E-state index in [0.717, 1.165) is 63.8 Å². The van der Waals surface area contributed by atoms with Crippen LogP contribution in [0.3, 0.4) is 0 Å². The molecule has 4 nitrogen and oxygen atoms in total. The third kappa shape index (κ3) is 8.45. The quantitative estimate of drug-likeness (QED) is 0.0804. The number of rotatable bonds is 6. The van der Waals surface area contributed by atoms with Gasteiger partial charge in [0.2, 0.25) is 11.4 Å². The highest BCUT2D eigenvalue weighted by atomic mass is 16.3. The van der Waals surface area contributed by atoms with Gasteiger partial charge < -0.3 is 4.42 Å². The number of hydrogen-bond donors (Lipinski definition) is 0. The number of hydrogen-bond acceptors (Lipinski definition) is 3. The average Bonchev–Trinajstić information content (AvgIpc) is 3.64. The number of fused-ring (bicyclic) bond motifs is 7. The highest BCUT2D eigenvalue weighted by Crippen LogP contribution is 2.39. The van der Waals surface area contributed by atoms with Gasteiger partial charge in [-0.3, -0.25) is 4.99 Å². The van der Waals surface area contributed by atoms with Crippen molar-refractivity contribution in [2.24, 2.45) is 22.7 Å². The van der Waals surface area contributed by atoms with E-state index in [1.807, 2.05) is 59.9 Å². The van der Waals surface area contributed by atoms with Crippen LogP contribution in [0.2, 0.25) is 0 Å². The fourth-order valence-corrected chi connectivity index (χ4v) is 6.11. The maximum Gasteiger partial charge on any atom is 0.227 e. The second kappa shape index (κ2) is 16.3. The fraction of sp³-hybridized carbons (Fsp3) is 0.419. The molecule has 6 rings (SSSR count).